The molecule has 2 atom stereocenters. The Hall–Kier alpha value is -3.50. The van der Waals surface area contributed by atoms with E-state index < -0.39 is 11.6 Å². The first kappa shape index (κ1) is 33.4. The maximum absolute atomic E-state index is 14.6. The lowest BCUT2D eigenvalue weighted by Crippen LogP contribution is -2.60. The average molecular weight is 666 g/mol. The zero-order valence-corrected chi connectivity index (χ0v) is 27.7. The molecule has 1 unspecified atom stereocenters. The number of hydrogen-bond acceptors (Lipinski definition) is 6. The number of benzene rings is 3. The van der Waals surface area contributed by atoms with Crippen molar-refractivity contribution in [3.8, 4) is 11.5 Å². The fourth-order valence-corrected chi connectivity index (χ4v) is 6.72. The van der Waals surface area contributed by atoms with Crippen LogP contribution in [0.1, 0.15) is 47.9 Å². The summed E-state index contributed by atoms with van der Waals surface area (Å²) < 4.78 is 44.3. The monoisotopic (exact) mass is 665 g/mol. The topological polar surface area (TPSA) is 72.1 Å². The second kappa shape index (κ2) is 15.2. The number of carbonyl (C=O) groups excluding carboxylic acids is 1. The van der Waals surface area contributed by atoms with Gasteiger partial charge in [0.1, 0.15) is 23.2 Å². The Morgan fingerprint density at radius 1 is 0.979 bits per heavy atom. The number of halogens is 3. The molecule has 2 heterocycles. The average Bonchev–Trinajstić information content (AvgIpc) is 3.92. The number of hydrogen-bond donors (Lipinski definition) is 2. The summed E-state index contributed by atoms with van der Waals surface area (Å²) in [5, 5.41) is 6.89. The minimum Gasteiger partial charge on any atom is -0.491 e. The third-order valence-corrected chi connectivity index (χ3v) is 9.57. The molecule has 7 nitrogen and oxygen atoms in total. The van der Waals surface area contributed by atoms with Crippen LogP contribution in [0.4, 0.5) is 8.78 Å². The number of fused-ring (bicyclic) bond motifs is 2. The Kier molecular flexibility index (Phi) is 10.8. The van der Waals surface area contributed by atoms with Crippen LogP contribution in [0.15, 0.2) is 60.2 Å². The summed E-state index contributed by atoms with van der Waals surface area (Å²) >= 11 is 5.88. The molecule has 0 spiro atoms. The van der Waals surface area contributed by atoms with E-state index in [1.807, 2.05) is 12.1 Å². The zero-order chi connectivity index (χ0) is 32.9. The van der Waals surface area contributed by atoms with Crippen LogP contribution in [-0.4, -0.2) is 69.0 Å². The molecule has 2 N–H and O–H groups in total. The molecule has 47 heavy (non-hydrogen) atoms. The molecule has 1 saturated heterocycles. The smallest absolute Gasteiger partial charge is 0.252 e. The van der Waals surface area contributed by atoms with Crippen molar-refractivity contribution in [1.29, 1.82) is 0 Å². The van der Waals surface area contributed by atoms with Crippen LogP contribution in [0.3, 0.4) is 0 Å². The zero-order valence-electron chi connectivity index (χ0n) is 26.9. The molecular weight excluding hydrogens is 624 g/mol. The summed E-state index contributed by atoms with van der Waals surface area (Å²) in [7, 11) is 1.66. The third kappa shape index (κ3) is 7.81. The lowest BCUT2D eigenvalue weighted by atomic mass is 9.83. The Morgan fingerprint density at radius 2 is 1.77 bits per heavy atom. The van der Waals surface area contributed by atoms with Gasteiger partial charge in [0.15, 0.2) is 11.6 Å². The van der Waals surface area contributed by atoms with Gasteiger partial charge in [0.2, 0.25) is 0 Å². The maximum Gasteiger partial charge on any atom is 0.252 e. The predicted molar refractivity (Wildman–Crippen MR) is 179 cm³/mol. The van der Waals surface area contributed by atoms with Crippen molar-refractivity contribution in [2.75, 3.05) is 40.0 Å². The van der Waals surface area contributed by atoms with E-state index in [1.165, 1.54) is 0 Å². The highest BCUT2D eigenvalue weighted by Crippen LogP contribution is 2.37. The highest BCUT2D eigenvalue weighted by Gasteiger charge is 2.41. The van der Waals surface area contributed by atoms with Crippen molar-refractivity contribution in [3.63, 3.8) is 0 Å². The van der Waals surface area contributed by atoms with Gasteiger partial charge < -0.3 is 29.7 Å². The lowest BCUT2D eigenvalue weighted by molar-refractivity contribution is -0.128. The Bertz CT molecular complexity index is 1610. The molecule has 0 aromatic heterocycles. The van der Waals surface area contributed by atoms with E-state index in [0.29, 0.717) is 39.1 Å². The molecular formula is C37H42ClF2N3O4. The first-order valence-corrected chi connectivity index (χ1v) is 16.8. The SMILES string of the molecule is COCCOc1cccc(CN(C(=O)C2=C(c3ccc(CCCOc4c(F)ccc(F)c4Cl)cc3)CC3CNC[C@H]2N3)C2CC2)c1C. The van der Waals surface area contributed by atoms with Gasteiger partial charge in [-0.25, -0.2) is 8.78 Å². The van der Waals surface area contributed by atoms with E-state index >= 15 is 0 Å². The van der Waals surface area contributed by atoms with E-state index in [2.05, 4.69) is 52.8 Å². The van der Waals surface area contributed by atoms with Crippen molar-refractivity contribution in [3.05, 3.63) is 99.1 Å². The maximum atomic E-state index is 14.6. The second-order valence-electron chi connectivity index (χ2n) is 12.5. The Balaban J connectivity index is 1.19. The minimum atomic E-state index is -0.712. The van der Waals surface area contributed by atoms with E-state index in [4.69, 9.17) is 25.8 Å². The van der Waals surface area contributed by atoms with Crippen molar-refractivity contribution in [1.82, 2.24) is 15.5 Å². The fraction of sp³-hybridized carbons (Fsp3) is 0.432. The summed E-state index contributed by atoms with van der Waals surface area (Å²) in [5.74, 6) is -0.737. The van der Waals surface area contributed by atoms with Crippen molar-refractivity contribution < 1.29 is 27.8 Å². The molecule has 250 valence electrons. The quantitative estimate of drug-likeness (QED) is 0.157. The van der Waals surface area contributed by atoms with Gasteiger partial charge in [0, 0.05) is 44.4 Å². The summed E-state index contributed by atoms with van der Waals surface area (Å²) in [5.41, 5.74) is 6.23. The van der Waals surface area contributed by atoms with E-state index in [1.54, 1.807) is 7.11 Å². The predicted octanol–water partition coefficient (Wildman–Crippen LogP) is 6.24. The van der Waals surface area contributed by atoms with Crippen molar-refractivity contribution in [2.24, 2.45) is 0 Å². The number of methoxy groups -OCH3 is 1. The number of carbonyl (C=O) groups is 1. The number of rotatable bonds is 14. The van der Waals surface area contributed by atoms with Gasteiger partial charge in [-0.3, -0.25) is 4.79 Å². The first-order valence-electron chi connectivity index (χ1n) is 16.4. The summed E-state index contributed by atoms with van der Waals surface area (Å²) in [6.45, 7) is 5.33. The van der Waals surface area contributed by atoms with Crippen molar-refractivity contribution in [2.45, 2.75) is 63.7 Å². The second-order valence-corrected chi connectivity index (χ2v) is 12.9. The van der Waals surface area contributed by atoms with Crippen molar-refractivity contribution >= 4 is 23.1 Å². The summed E-state index contributed by atoms with van der Waals surface area (Å²) in [6.07, 6.45) is 4.07. The van der Waals surface area contributed by atoms with Gasteiger partial charge in [-0.05, 0) is 85.1 Å². The molecule has 2 aliphatic heterocycles. The van der Waals surface area contributed by atoms with Crippen LogP contribution in [0.5, 0.6) is 11.5 Å². The highest BCUT2D eigenvalue weighted by atomic mass is 35.5. The molecule has 10 heteroatoms. The minimum absolute atomic E-state index is 0.0667. The van der Waals surface area contributed by atoms with Gasteiger partial charge in [0.25, 0.3) is 5.91 Å². The van der Waals surface area contributed by atoms with Crippen LogP contribution < -0.4 is 20.1 Å². The molecule has 3 aromatic rings. The van der Waals surface area contributed by atoms with E-state index in [0.717, 1.165) is 77.1 Å². The normalized spacial score (nSPS) is 19.1. The number of ether oxygens (including phenoxy) is 3. The first-order chi connectivity index (χ1) is 22.8. The van der Waals surface area contributed by atoms with Gasteiger partial charge >= 0.3 is 0 Å². The molecule has 3 aliphatic rings. The number of amides is 1. The summed E-state index contributed by atoms with van der Waals surface area (Å²) in [4.78, 5) is 16.6. The van der Waals surface area contributed by atoms with Gasteiger partial charge in [0.05, 0.1) is 19.3 Å². The van der Waals surface area contributed by atoms with Crippen LogP contribution in [0.25, 0.3) is 5.57 Å². The Labute approximate surface area is 280 Å². The van der Waals surface area contributed by atoms with E-state index in [-0.39, 0.29) is 41.4 Å². The standard InChI is InChI=1S/C37H42ClF2N3O4/c1-23-26(6-3-7-33(23)46-18-17-45-2)22-43(28-12-13-28)37(44)34-29(19-27-20-41-21-32(34)42-27)25-10-8-24(9-11-25)5-4-16-47-36-31(40)15-14-30(39)35(36)38/h3,6-11,14-15,27-28,32,41-42H,4-5,12-13,16-22H2,1-2H3/t27?,32-/m1/s1. The number of piperazine rings is 1. The molecule has 2 bridgehead atoms. The molecule has 1 saturated carbocycles. The van der Waals surface area contributed by atoms with Gasteiger partial charge in [-0.1, -0.05) is 48.0 Å². The molecule has 2 fully saturated rings. The lowest BCUT2D eigenvalue weighted by Gasteiger charge is -2.41. The molecule has 0 radical (unpaired) electrons. The number of nitrogens with zero attached hydrogens (tertiary/aromatic N) is 1. The highest BCUT2D eigenvalue weighted by molar-refractivity contribution is 6.32. The molecule has 6 rings (SSSR count). The van der Waals surface area contributed by atoms with Crippen LogP contribution in [0.2, 0.25) is 5.02 Å². The largest absolute Gasteiger partial charge is 0.491 e. The van der Waals surface area contributed by atoms with E-state index in [9.17, 15) is 13.6 Å². The van der Waals surface area contributed by atoms with Crippen LogP contribution >= 0.6 is 11.6 Å². The van der Waals surface area contributed by atoms with Gasteiger partial charge in [-0.15, -0.1) is 0 Å². The van der Waals surface area contributed by atoms with Gasteiger partial charge in [-0.2, -0.15) is 0 Å². The Morgan fingerprint density at radius 3 is 2.53 bits per heavy atom. The fourth-order valence-electron chi connectivity index (χ4n) is 6.52. The van der Waals surface area contributed by atoms with Crippen LogP contribution in [-0.2, 0) is 22.5 Å². The molecule has 3 aromatic carbocycles. The number of aryl methyl sites for hydroxylation is 1. The molecule has 1 amide bonds. The number of nitrogens with one attached hydrogen (secondary N) is 2. The molecule has 1 aliphatic carbocycles. The third-order valence-electron chi connectivity index (χ3n) is 9.22. The van der Waals surface area contributed by atoms with Crippen LogP contribution in [0, 0.1) is 18.6 Å². The summed E-state index contributed by atoms with van der Waals surface area (Å²) in [6, 6.07) is 16.8.